The van der Waals surface area contributed by atoms with Crippen LogP contribution < -0.4 is 10.2 Å². The summed E-state index contributed by atoms with van der Waals surface area (Å²) in [6, 6.07) is 22.5. The highest BCUT2D eigenvalue weighted by molar-refractivity contribution is 5.96. The number of anilines is 2. The number of amides is 1. The Balaban J connectivity index is 1.55. The van der Waals surface area contributed by atoms with Gasteiger partial charge in [0.05, 0.1) is 17.9 Å². The van der Waals surface area contributed by atoms with Crippen molar-refractivity contribution in [3.8, 4) is 0 Å². The smallest absolute Gasteiger partial charge is 0.339 e. The molecule has 1 aliphatic heterocycles. The summed E-state index contributed by atoms with van der Waals surface area (Å²) in [6.07, 6.45) is 1.51. The SMILES string of the molecule is CC(=O)Nc1cnc(N2CCN(C(c3ccccc3)c3ccccc3)CC2)c(C(=O)O)c1. The lowest BCUT2D eigenvalue weighted by molar-refractivity contribution is -0.114. The summed E-state index contributed by atoms with van der Waals surface area (Å²) >= 11 is 0. The highest BCUT2D eigenvalue weighted by Crippen LogP contribution is 2.31. The van der Waals surface area contributed by atoms with Gasteiger partial charge in [-0.05, 0) is 17.2 Å². The van der Waals surface area contributed by atoms with Crippen LogP contribution in [-0.4, -0.2) is 53.0 Å². The number of carboxylic acid groups (broad SMARTS) is 1. The molecule has 3 aromatic rings. The molecule has 0 unspecified atom stereocenters. The third kappa shape index (κ3) is 4.78. The van der Waals surface area contributed by atoms with E-state index in [1.165, 1.54) is 30.3 Å². The first-order valence-electron chi connectivity index (χ1n) is 10.6. The molecule has 0 aliphatic carbocycles. The number of nitrogens with one attached hydrogen (secondary N) is 1. The first-order chi connectivity index (χ1) is 15.5. The zero-order chi connectivity index (χ0) is 22.5. The molecule has 7 nitrogen and oxygen atoms in total. The van der Waals surface area contributed by atoms with Crippen molar-refractivity contribution in [3.63, 3.8) is 0 Å². The number of nitrogens with zero attached hydrogens (tertiary/aromatic N) is 3. The minimum absolute atomic E-state index is 0.0902. The molecule has 2 aromatic carbocycles. The number of carbonyl (C=O) groups is 2. The highest BCUT2D eigenvalue weighted by Gasteiger charge is 2.28. The van der Waals surface area contributed by atoms with Gasteiger partial charge < -0.3 is 15.3 Å². The molecule has 164 valence electrons. The minimum Gasteiger partial charge on any atom is -0.478 e. The van der Waals surface area contributed by atoms with E-state index in [0.29, 0.717) is 24.6 Å². The predicted molar refractivity (Wildman–Crippen MR) is 124 cm³/mol. The molecular weight excluding hydrogens is 404 g/mol. The second kappa shape index (κ2) is 9.62. The van der Waals surface area contributed by atoms with E-state index >= 15 is 0 Å². The molecular formula is C25H26N4O3. The van der Waals surface area contributed by atoms with Crippen molar-refractivity contribution in [1.82, 2.24) is 9.88 Å². The molecule has 0 saturated carbocycles. The fourth-order valence-electron chi connectivity index (χ4n) is 4.22. The van der Waals surface area contributed by atoms with Gasteiger partial charge in [-0.3, -0.25) is 9.69 Å². The van der Waals surface area contributed by atoms with Gasteiger partial charge in [-0.25, -0.2) is 9.78 Å². The van der Waals surface area contributed by atoms with Crippen LogP contribution in [0, 0.1) is 0 Å². The van der Waals surface area contributed by atoms with Crippen molar-refractivity contribution in [2.24, 2.45) is 0 Å². The number of carbonyl (C=O) groups excluding carboxylic acids is 1. The van der Waals surface area contributed by atoms with Gasteiger partial charge in [-0.2, -0.15) is 0 Å². The van der Waals surface area contributed by atoms with Crippen LogP contribution in [0.2, 0.25) is 0 Å². The summed E-state index contributed by atoms with van der Waals surface area (Å²) in [5.41, 5.74) is 2.94. The normalized spacial score (nSPS) is 14.4. The Kier molecular flexibility index (Phi) is 6.47. The monoisotopic (exact) mass is 430 g/mol. The number of carboxylic acids is 1. The second-order valence-corrected chi connectivity index (χ2v) is 7.83. The molecule has 1 fully saturated rings. The first kappa shape index (κ1) is 21.5. The summed E-state index contributed by atoms with van der Waals surface area (Å²) in [5, 5.41) is 12.3. The minimum atomic E-state index is -1.06. The van der Waals surface area contributed by atoms with Crippen molar-refractivity contribution < 1.29 is 14.7 Å². The van der Waals surface area contributed by atoms with E-state index < -0.39 is 5.97 Å². The number of aromatic carboxylic acids is 1. The molecule has 2 heterocycles. The number of aromatic nitrogens is 1. The van der Waals surface area contributed by atoms with Crippen molar-refractivity contribution >= 4 is 23.4 Å². The largest absolute Gasteiger partial charge is 0.478 e. The molecule has 0 bridgehead atoms. The number of hydrogen-bond donors (Lipinski definition) is 2. The Hall–Kier alpha value is -3.71. The van der Waals surface area contributed by atoms with Gasteiger partial charge in [0, 0.05) is 33.1 Å². The Morgan fingerprint density at radius 1 is 0.938 bits per heavy atom. The molecule has 0 atom stereocenters. The van der Waals surface area contributed by atoms with E-state index in [9.17, 15) is 14.7 Å². The zero-order valence-corrected chi connectivity index (χ0v) is 17.9. The number of pyridine rings is 1. The lowest BCUT2D eigenvalue weighted by Gasteiger charge is -2.40. The van der Waals surface area contributed by atoms with E-state index in [2.05, 4.69) is 63.7 Å². The average molecular weight is 431 g/mol. The van der Waals surface area contributed by atoms with Crippen LogP contribution in [0.4, 0.5) is 11.5 Å². The van der Waals surface area contributed by atoms with Gasteiger partial charge in [0.2, 0.25) is 5.91 Å². The van der Waals surface area contributed by atoms with Gasteiger partial charge in [-0.1, -0.05) is 60.7 Å². The second-order valence-electron chi connectivity index (χ2n) is 7.83. The van der Waals surface area contributed by atoms with Gasteiger partial charge in [0.15, 0.2) is 0 Å². The van der Waals surface area contributed by atoms with Gasteiger partial charge in [0.1, 0.15) is 11.4 Å². The van der Waals surface area contributed by atoms with E-state index in [1.54, 1.807) is 0 Å². The van der Waals surface area contributed by atoms with Crippen LogP contribution in [0.5, 0.6) is 0 Å². The van der Waals surface area contributed by atoms with Crippen molar-refractivity contribution in [2.45, 2.75) is 13.0 Å². The third-order valence-electron chi connectivity index (χ3n) is 5.63. The third-order valence-corrected chi connectivity index (χ3v) is 5.63. The molecule has 1 saturated heterocycles. The summed E-state index contributed by atoms with van der Waals surface area (Å²) in [5.74, 6) is -0.895. The molecule has 0 spiro atoms. The average Bonchev–Trinajstić information content (AvgIpc) is 2.81. The quantitative estimate of drug-likeness (QED) is 0.621. The summed E-state index contributed by atoms with van der Waals surface area (Å²) in [4.78, 5) is 32.0. The fourth-order valence-corrected chi connectivity index (χ4v) is 4.22. The van der Waals surface area contributed by atoms with Crippen molar-refractivity contribution in [1.29, 1.82) is 0 Å². The van der Waals surface area contributed by atoms with Crippen LogP contribution in [-0.2, 0) is 4.79 Å². The lowest BCUT2D eigenvalue weighted by atomic mass is 9.96. The van der Waals surface area contributed by atoms with Crippen LogP contribution in [0.25, 0.3) is 0 Å². The first-order valence-corrected chi connectivity index (χ1v) is 10.6. The van der Waals surface area contributed by atoms with E-state index in [4.69, 9.17) is 0 Å². The Morgan fingerprint density at radius 2 is 1.50 bits per heavy atom. The summed E-state index contributed by atoms with van der Waals surface area (Å²) < 4.78 is 0. The standard InChI is InChI=1S/C25H26N4O3/c1-18(30)27-21-16-22(25(31)32)24(26-17-21)29-14-12-28(13-15-29)23(19-8-4-2-5-9-19)20-10-6-3-7-11-20/h2-11,16-17,23H,12-15H2,1H3,(H,27,30)(H,31,32). The van der Waals surface area contributed by atoms with E-state index in [-0.39, 0.29) is 17.5 Å². The van der Waals surface area contributed by atoms with Crippen molar-refractivity contribution in [2.75, 3.05) is 36.4 Å². The molecule has 1 aromatic heterocycles. The predicted octanol–water partition coefficient (Wildman–Crippen LogP) is 3.65. The fraction of sp³-hybridized carbons (Fsp3) is 0.240. The van der Waals surface area contributed by atoms with Crippen molar-refractivity contribution in [3.05, 3.63) is 89.6 Å². The van der Waals surface area contributed by atoms with Crippen LogP contribution in [0.15, 0.2) is 72.9 Å². The molecule has 32 heavy (non-hydrogen) atoms. The summed E-state index contributed by atoms with van der Waals surface area (Å²) in [7, 11) is 0. The van der Waals surface area contributed by atoms with Gasteiger partial charge in [0.25, 0.3) is 0 Å². The van der Waals surface area contributed by atoms with E-state index in [0.717, 1.165) is 13.1 Å². The molecule has 4 rings (SSSR count). The molecule has 0 radical (unpaired) electrons. The maximum Gasteiger partial charge on any atom is 0.339 e. The number of hydrogen-bond acceptors (Lipinski definition) is 5. The Bertz CT molecular complexity index is 1040. The number of benzene rings is 2. The topological polar surface area (TPSA) is 85.8 Å². The van der Waals surface area contributed by atoms with Gasteiger partial charge in [-0.15, -0.1) is 0 Å². The maximum absolute atomic E-state index is 11.9. The number of piperazine rings is 1. The molecule has 1 aliphatic rings. The van der Waals surface area contributed by atoms with Crippen LogP contribution >= 0.6 is 0 Å². The van der Waals surface area contributed by atoms with Gasteiger partial charge >= 0.3 is 5.97 Å². The summed E-state index contributed by atoms with van der Waals surface area (Å²) in [6.45, 7) is 4.22. The number of rotatable bonds is 6. The van der Waals surface area contributed by atoms with E-state index in [1.807, 2.05) is 17.0 Å². The highest BCUT2D eigenvalue weighted by atomic mass is 16.4. The Morgan fingerprint density at radius 3 is 2.00 bits per heavy atom. The Labute approximate surface area is 187 Å². The molecule has 7 heteroatoms. The molecule has 1 amide bonds. The zero-order valence-electron chi connectivity index (χ0n) is 17.9. The lowest BCUT2D eigenvalue weighted by Crippen LogP contribution is -2.48. The van der Waals surface area contributed by atoms with Crippen LogP contribution in [0.3, 0.4) is 0 Å². The maximum atomic E-state index is 11.9. The van der Waals surface area contributed by atoms with Crippen LogP contribution in [0.1, 0.15) is 34.5 Å². The molecule has 2 N–H and O–H groups in total.